The van der Waals surface area contributed by atoms with E-state index in [-0.39, 0.29) is 11.9 Å². The highest BCUT2D eigenvalue weighted by Gasteiger charge is 2.24. The minimum absolute atomic E-state index is 0.157. The number of anilines is 2. The van der Waals surface area contributed by atoms with Gasteiger partial charge in [-0.05, 0) is 49.0 Å². The summed E-state index contributed by atoms with van der Waals surface area (Å²) in [7, 11) is 6.21. The van der Waals surface area contributed by atoms with Gasteiger partial charge >= 0.3 is 0 Å². The van der Waals surface area contributed by atoms with Gasteiger partial charge in [0.25, 0.3) is 0 Å². The Hall–Kier alpha value is -2.19. The number of hydrogen-bond acceptors (Lipinski definition) is 6. The van der Waals surface area contributed by atoms with E-state index in [4.69, 9.17) is 0 Å². The number of likely N-dealkylation sites (N-methyl/N-ethyl adjacent to an activating group) is 1. The first kappa shape index (κ1) is 21.5. The number of aliphatic hydroxyl groups is 1. The lowest BCUT2D eigenvalue weighted by molar-refractivity contribution is 0.0938. The molecule has 1 saturated heterocycles. The zero-order valence-electron chi connectivity index (χ0n) is 17.5. The average molecular weight is 402 g/mol. The van der Waals surface area contributed by atoms with E-state index in [1.165, 1.54) is 17.7 Å². The summed E-state index contributed by atoms with van der Waals surface area (Å²) in [5, 5.41) is 16.5. The lowest BCUT2D eigenvalue weighted by atomic mass is 10.0. The first-order valence-corrected chi connectivity index (χ1v) is 10.1. The average Bonchev–Trinajstić information content (AvgIpc) is 2.71. The second-order valence-corrected chi connectivity index (χ2v) is 7.80. The monoisotopic (exact) mass is 401 g/mol. The molecule has 0 bridgehead atoms. The molecule has 0 aromatic heterocycles. The van der Waals surface area contributed by atoms with Gasteiger partial charge in [0, 0.05) is 64.2 Å². The van der Waals surface area contributed by atoms with Crippen molar-refractivity contribution in [2.75, 3.05) is 64.1 Å². The lowest BCUT2D eigenvalue weighted by Gasteiger charge is -2.38. The summed E-state index contributed by atoms with van der Waals surface area (Å²) < 4.78 is 13.1. The lowest BCUT2D eigenvalue weighted by Crippen LogP contribution is -2.49. The minimum atomic E-state index is -0.920. The van der Waals surface area contributed by atoms with Crippen LogP contribution in [-0.4, -0.2) is 75.1 Å². The number of aliphatic hydroxyl groups excluding tert-OH is 1. The number of halogens is 1. The van der Waals surface area contributed by atoms with Crippen LogP contribution in [0.25, 0.3) is 0 Å². The van der Waals surface area contributed by atoms with Gasteiger partial charge in [-0.2, -0.15) is 0 Å². The quantitative estimate of drug-likeness (QED) is 0.590. The van der Waals surface area contributed by atoms with Crippen molar-refractivity contribution in [3.63, 3.8) is 0 Å². The maximum atomic E-state index is 13.1. The highest BCUT2D eigenvalue weighted by Crippen LogP contribution is 2.24. The molecule has 2 aromatic carbocycles. The number of piperazine rings is 1. The summed E-state index contributed by atoms with van der Waals surface area (Å²) in [6.07, 6.45) is -0.920. The largest absolute Gasteiger partial charge is 0.378 e. The van der Waals surface area contributed by atoms with Crippen LogP contribution in [-0.2, 0) is 0 Å². The van der Waals surface area contributed by atoms with Crippen molar-refractivity contribution in [1.82, 2.24) is 15.1 Å². The fourth-order valence-electron chi connectivity index (χ4n) is 3.56. The first-order chi connectivity index (χ1) is 13.9. The third-order valence-corrected chi connectivity index (χ3v) is 5.43. The molecule has 7 heteroatoms. The van der Waals surface area contributed by atoms with Crippen LogP contribution in [0.1, 0.15) is 11.6 Å². The summed E-state index contributed by atoms with van der Waals surface area (Å²) in [5.41, 5.74) is 3.05. The molecule has 158 valence electrons. The second kappa shape index (κ2) is 10.0. The van der Waals surface area contributed by atoms with E-state index in [1.807, 2.05) is 14.1 Å². The van der Waals surface area contributed by atoms with Gasteiger partial charge in [-0.15, -0.1) is 0 Å². The van der Waals surface area contributed by atoms with E-state index in [1.54, 1.807) is 12.1 Å². The van der Waals surface area contributed by atoms with Crippen molar-refractivity contribution in [3.05, 3.63) is 59.9 Å². The minimum Gasteiger partial charge on any atom is -0.378 e. The van der Waals surface area contributed by atoms with Crippen LogP contribution in [0.4, 0.5) is 15.8 Å². The van der Waals surface area contributed by atoms with Crippen molar-refractivity contribution in [1.29, 1.82) is 0 Å². The topological polar surface area (TPSA) is 54.0 Å². The molecule has 3 rings (SSSR count). The van der Waals surface area contributed by atoms with Crippen LogP contribution in [0.3, 0.4) is 0 Å². The van der Waals surface area contributed by atoms with E-state index in [2.05, 4.69) is 56.6 Å². The maximum Gasteiger partial charge on any atom is 0.181 e. The molecule has 0 radical (unpaired) electrons. The smallest absolute Gasteiger partial charge is 0.181 e. The molecule has 0 spiro atoms. The third kappa shape index (κ3) is 6.14. The number of benzene rings is 2. The number of rotatable bonds is 8. The predicted octanol–water partition coefficient (Wildman–Crippen LogP) is 2.16. The third-order valence-electron chi connectivity index (χ3n) is 5.43. The van der Waals surface area contributed by atoms with Crippen LogP contribution in [0.5, 0.6) is 0 Å². The molecular formula is C22H32FN5O. The predicted molar refractivity (Wildman–Crippen MR) is 117 cm³/mol. The van der Waals surface area contributed by atoms with Crippen molar-refractivity contribution in [2.45, 2.75) is 12.4 Å². The van der Waals surface area contributed by atoms with Crippen molar-refractivity contribution in [3.8, 4) is 0 Å². The van der Waals surface area contributed by atoms with E-state index in [0.717, 1.165) is 31.9 Å². The Kier molecular flexibility index (Phi) is 7.44. The molecule has 1 fully saturated rings. The van der Waals surface area contributed by atoms with E-state index >= 15 is 0 Å². The Morgan fingerprint density at radius 3 is 2.21 bits per heavy atom. The molecule has 1 aliphatic rings. The van der Waals surface area contributed by atoms with Gasteiger partial charge in [0.1, 0.15) is 5.82 Å². The van der Waals surface area contributed by atoms with Gasteiger partial charge in [0.15, 0.2) is 6.35 Å². The molecule has 2 unspecified atom stereocenters. The van der Waals surface area contributed by atoms with Crippen LogP contribution >= 0.6 is 0 Å². The van der Waals surface area contributed by atoms with Crippen molar-refractivity contribution in [2.24, 2.45) is 0 Å². The van der Waals surface area contributed by atoms with E-state index < -0.39 is 6.35 Å². The highest BCUT2D eigenvalue weighted by molar-refractivity contribution is 5.46. The second-order valence-electron chi connectivity index (χ2n) is 7.80. The van der Waals surface area contributed by atoms with Crippen LogP contribution in [0, 0.1) is 5.82 Å². The molecule has 2 atom stereocenters. The zero-order valence-corrected chi connectivity index (χ0v) is 17.5. The fourth-order valence-corrected chi connectivity index (χ4v) is 3.56. The standard InChI is InChI=1S/C22H32FN5O/c1-26(2)20-10-4-17(5-11-20)21(28-14-12-27(3)13-15-28)16-24-22(29)25-19-8-6-18(23)7-9-19/h4-11,21-22,24-25,29H,12-16H2,1-3H3. The number of nitrogens with one attached hydrogen (secondary N) is 2. The Bertz CT molecular complexity index is 745. The molecule has 2 aromatic rings. The van der Waals surface area contributed by atoms with E-state index in [9.17, 15) is 9.50 Å². The summed E-state index contributed by atoms with van der Waals surface area (Å²) in [6.45, 7) is 4.63. The normalized spacial score (nSPS) is 17.7. The summed E-state index contributed by atoms with van der Waals surface area (Å²) in [6, 6.07) is 14.7. The van der Waals surface area contributed by atoms with Crippen LogP contribution < -0.4 is 15.5 Å². The number of hydrogen-bond donors (Lipinski definition) is 3. The molecule has 29 heavy (non-hydrogen) atoms. The molecule has 1 aliphatic heterocycles. The van der Waals surface area contributed by atoms with Crippen LogP contribution in [0.2, 0.25) is 0 Å². The number of nitrogens with zero attached hydrogens (tertiary/aromatic N) is 3. The van der Waals surface area contributed by atoms with Crippen molar-refractivity contribution < 1.29 is 9.50 Å². The molecule has 0 amide bonds. The Balaban J connectivity index is 1.66. The summed E-state index contributed by atoms with van der Waals surface area (Å²) in [4.78, 5) is 6.88. The molecule has 3 N–H and O–H groups in total. The fraction of sp³-hybridized carbons (Fsp3) is 0.455. The molecule has 0 saturated carbocycles. The highest BCUT2D eigenvalue weighted by atomic mass is 19.1. The Morgan fingerprint density at radius 2 is 1.62 bits per heavy atom. The van der Waals surface area contributed by atoms with Gasteiger partial charge < -0.3 is 20.2 Å². The molecular weight excluding hydrogens is 369 g/mol. The van der Waals surface area contributed by atoms with Crippen LogP contribution in [0.15, 0.2) is 48.5 Å². The first-order valence-electron chi connectivity index (χ1n) is 10.1. The zero-order chi connectivity index (χ0) is 20.8. The van der Waals surface area contributed by atoms with Gasteiger partial charge in [-0.25, -0.2) is 4.39 Å². The summed E-state index contributed by atoms with van der Waals surface area (Å²) >= 11 is 0. The van der Waals surface area contributed by atoms with E-state index in [0.29, 0.717) is 12.2 Å². The van der Waals surface area contributed by atoms with Crippen molar-refractivity contribution >= 4 is 11.4 Å². The van der Waals surface area contributed by atoms with Gasteiger partial charge in [0.05, 0.1) is 0 Å². The van der Waals surface area contributed by atoms with Gasteiger partial charge in [-0.3, -0.25) is 10.2 Å². The molecule has 1 heterocycles. The molecule has 6 nitrogen and oxygen atoms in total. The summed E-state index contributed by atoms with van der Waals surface area (Å²) in [5.74, 6) is -0.297. The SMILES string of the molecule is CN1CCN(C(CNC(O)Nc2ccc(F)cc2)c2ccc(N(C)C)cc2)CC1. The molecule has 0 aliphatic carbocycles. The maximum absolute atomic E-state index is 13.1. The Labute approximate surface area is 172 Å². The Morgan fingerprint density at radius 1 is 1.00 bits per heavy atom. The van der Waals surface area contributed by atoms with Gasteiger partial charge in [0.2, 0.25) is 0 Å². The van der Waals surface area contributed by atoms with Gasteiger partial charge in [-0.1, -0.05) is 12.1 Å².